The molecule has 2 heterocycles. The van der Waals surface area contributed by atoms with E-state index in [9.17, 15) is 0 Å². The third kappa shape index (κ3) is 4.56. The molecule has 0 bridgehead atoms. The lowest BCUT2D eigenvalue weighted by Gasteiger charge is -2.39. The number of hydrogen-bond donors (Lipinski definition) is 0. The summed E-state index contributed by atoms with van der Waals surface area (Å²) in [5.74, 6) is 1.02. The molecule has 2 aromatic rings. The van der Waals surface area contributed by atoms with Crippen LogP contribution in [-0.2, 0) is 0 Å². The van der Waals surface area contributed by atoms with Crippen LogP contribution in [0, 0.1) is 6.92 Å². The zero-order valence-corrected chi connectivity index (χ0v) is 17.9. The summed E-state index contributed by atoms with van der Waals surface area (Å²) in [6.07, 6.45) is 6.31. The van der Waals surface area contributed by atoms with Gasteiger partial charge in [0.2, 0.25) is 0 Å². The highest BCUT2D eigenvalue weighted by atomic mass is 35.5. The molecular formula is C21H33ClN6. The van der Waals surface area contributed by atoms with Crippen molar-refractivity contribution in [3.8, 4) is 0 Å². The van der Waals surface area contributed by atoms with Gasteiger partial charge in [0.15, 0.2) is 5.82 Å². The van der Waals surface area contributed by atoms with Crippen molar-refractivity contribution < 1.29 is 0 Å². The van der Waals surface area contributed by atoms with Gasteiger partial charge in [-0.1, -0.05) is 56.0 Å². The fourth-order valence-electron chi connectivity index (χ4n) is 4.58. The maximum atomic E-state index is 4.55. The third-order valence-corrected chi connectivity index (χ3v) is 6.30. The van der Waals surface area contributed by atoms with E-state index in [2.05, 4.69) is 68.1 Å². The Bertz CT molecular complexity index is 717. The van der Waals surface area contributed by atoms with E-state index in [-0.39, 0.29) is 18.4 Å². The molecular weight excluding hydrogens is 372 g/mol. The summed E-state index contributed by atoms with van der Waals surface area (Å²) in [6.45, 7) is 9.87. The Hall–Kier alpha value is -1.50. The number of nitrogens with zero attached hydrogens (tertiary/aromatic N) is 6. The number of halogens is 1. The summed E-state index contributed by atoms with van der Waals surface area (Å²) in [6, 6.07) is 9.52. The lowest BCUT2D eigenvalue weighted by molar-refractivity contribution is 0.107. The average Bonchev–Trinajstić information content (AvgIpc) is 3.20. The molecule has 28 heavy (non-hydrogen) atoms. The minimum absolute atomic E-state index is 0. The first kappa shape index (κ1) is 21.2. The van der Waals surface area contributed by atoms with Crippen LogP contribution in [0.5, 0.6) is 0 Å². The van der Waals surface area contributed by atoms with Crippen LogP contribution < -0.4 is 0 Å². The number of rotatable bonds is 5. The van der Waals surface area contributed by atoms with Gasteiger partial charge in [0.25, 0.3) is 0 Å². The highest BCUT2D eigenvalue weighted by molar-refractivity contribution is 5.85. The average molecular weight is 405 g/mol. The highest BCUT2D eigenvalue weighted by Crippen LogP contribution is 2.33. The van der Waals surface area contributed by atoms with Crippen LogP contribution in [0.15, 0.2) is 24.3 Å². The van der Waals surface area contributed by atoms with Crippen LogP contribution in [0.3, 0.4) is 0 Å². The van der Waals surface area contributed by atoms with E-state index in [1.807, 2.05) is 0 Å². The normalized spacial score (nSPS) is 20.6. The zero-order chi connectivity index (χ0) is 18.6. The van der Waals surface area contributed by atoms with Crippen molar-refractivity contribution in [3.05, 3.63) is 41.2 Å². The van der Waals surface area contributed by atoms with Gasteiger partial charge in [-0.15, -0.1) is 17.5 Å². The standard InChI is InChI=1S/C21H32N6.ClH/c1-3-25-13-15-26(16-14-25)20(18-11-9-17(2)10-12-18)21-22-23-24-27(21)19-7-5-4-6-8-19;/h9-12,19-20H,3-8,13-16H2,1-2H3;1H. The monoisotopic (exact) mass is 404 g/mol. The molecule has 4 rings (SSSR count). The van der Waals surface area contributed by atoms with Gasteiger partial charge in [0, 0.05) is 26.2 Å². The lowest BCUT2D eigenvalue weighted by atomic mass is 9.95. The Morgan fingerprint density at radius 2 is 1.68 bits per heavy atom. The van der Waals surface area contributed by atoms with Gasteiger partial charge in [0.1, 0.15) is 0 Å². The van der Waals surface area contributed by atoms with Crippen LogP contribution in [0.1, 0.15) is 68.1 Å². The summed E-state index contributed by atoms with van der Waals surface area (Å²) in [5, 5.41) is 13.1. The van der Waals surface area contributed by atoms with Crippen LogP contribution in [-0.4, -0.2) is 62.7 Å². The van der Waals surface area contributed by atoms with E-state index in [0.717, 1.165) is 38.5 Å². The number of benzene rings is 1. The molecule has 1 saturated heterocycles. The molecule has 1 aromatic carbocycles. The number of hydrogen-bond acceptors (Lipinski definition) is 5. The van der Waals surface area contributed by atoms with E-state index >= 15 is 0 Å². The quantitative estimate of drug-likeness (QED) is 0.761. The van der Waals surface area contributed by atoms with E-state index in [4.69, 9.17) is 0 Å². The number of likely N-dealkylation sites (N-methyl/N-ethyl adjacent to an activating group) is 1. The van der Waals surface area contributed by atoms with Crippen molar-refractivity contribution >= 4 is 12.4 Å². The van der Waals surface area contributed by atoms with Crippen molar-refractivity contribution in [1.29, 1.82) is 0 Å². The van der Waals surface area contributed by atoms with Gasteiger partial charge in [-0.25, -0.2) is 4.68 Å². The van der Waals surface area contributed by atoms with E-state index < -0.39 is 0 Å². The van der Waals surface area contributed by atoms with Gasteiger partial charge >= 0.3 is 0 Å². The topological polar surface area (TPSA) is 50.1 Å². The number of tetrazole rings is 1. The molecule has 1 unspecified atom stereocenters. The number of aromatic nitrogens is 4. The van der Waals surface area contributed by atoms with Crippen LogP contribution >= 0.6 is 12.4 Å². The smallest absolute Gasteiger partial charge is 0.173 e. The van der Waals surface area contributed by atoms with Crippen LogP contribution in [0.2, 0.25) is 0 Å². The van der Waals surface area contributed by atoms with E-state index in [0.29, 0.717) is 6.04 Å². The molecule has 0 radical (unpaired) electrons. The largest absolute Gasteiger partial charge is 0.301 e. The molecule has 1 aliphatic carbocycles. The Kier molecular flexibility index (Phi) is 7.43. The maximum absolute atomic E-state index is 4.55. The van der Waals surface area contributed by atoms with Crippen molar-refractivity contribution in [2.24, 2.45) is 0 Å². The highest BCUT2D eigenvalue weighted by Gasteiger charge is 2.32. The van der Waals surface area contributed by atoms with E-state index in [1.165, 1.54) is 43.2 Å². The zero-order valence-electron chi connectivity index (χ0n) is 17.1. The van der Waals surface area contributed by atoms with Crippen molar-refractivity contribution in [3.63, 3.8) is 0 Å². The molecule has 0 amide bonds. The van der Waals surface area contributed by atoms with Crippen LogP contribution in [0.25, 0.3) is 0 Å². The third-order valence-electron chi connectivity index (χ3n) is 6.30. The summed E-state index contributed by atoms with van der Waals surface area (Å²) in [4.78, 5) is 5.09. The summed E-state index contributed by atoms with van der Waals surface area (Å²) < 4.78 is 2.15. The molecule has 1 aliphatic heterocycles. The predicted octanol–water partition coefficient (Wildman–Crippen LogP) is 3.64. The van der Waals surface area contributed by atoms with Crippen molar-refractivity contribution in [2.45, 2.75) is 58.0 Å². The van der Waals surface area contributed by atoms with Gasteiger partial charge in [-0.3, -0.25) is 4.90 Å². The molecule has 2 aliphatic rings. The van der Waals surface area contributed by atoms with E-state index in [1.54, 1.807) is 0 Å². The maximum Gasteiger partial charge on any atom is 0.173 e. The molecule has 1 atom stereocenters. The number of piperazine rings is 1. The molecule has 2 fully saturated rings. The molecule has 154 valence electrons. The predicted molar refractivity (Wildman–Crippen MR) is 114 cm³/mol. The second-order valence-corrected chi connectivity index (χ2v) is 8.06. The summed E-state index contributed by atoms with van der Waals surface area (Å²) >= 11 is 0. The summed E-state index contributed by atoms with van der Waals surface area (Å²) in [7, 11) is 0. The first-order valence-corrected chi connectivity index (χ1v) is 10.6. The second kappa shape index (κ2) is 9.81. The molecule has 1 aromatic heterocycles. The molecule has 7 heteroatoms. The summed E-state index contributed by atoms with van der Waals surface area (Å²) in [5.41, 5.74) is 2.59. The van der Waals surface area contributed by atoms with Gasteiger partial charge in [-0.2, -0.15) is 0 Å². The van der Waals surface area contributed by atoms with Crippen molar-refractivity contribution in [2.75, 3.05) is 32.7 Å². The lowest BCUT2D eigenvalue weighted by Crippen LogP contribution is -2.48. The Morgan fingerprint density at radius 3 is 2.32 bits per heavy atom. The Balaban J connectivity index is 0.00000225. The second-order valence-electron chi connectivity index (χ2n) is 8.06. The van der Waals surface area contributed by atoms with Gasteiger partial charge in [0.05, 0.1) is 12.1 Å². The number of aryl methyl sites for hydroxylation is 1. The Morgan fingerprint density at radius 1 is 1.00 bits per heavy atom. The molecule has 0 spiro atoms. The molecule has 6 nitrogen and oxygen atoms in total. The first-order chi connectivity index (χ1) is 13.3. The fraction of sp³-hybridized carbons (Fsp3) is 0.667. The van der Waals surface area contributed by atoms with Gasteiger partial charge < -0.3 is 4.90 Å². The SMILES string of the molecule is CCN1CCN(C(c2ccc(C)cc2)c2nnnn2C2CCCCC2)CC1.Cl. The van der Waals surface area contributed by atoms with Crippen LogP contribution in [0.4, 0.5) is 0 Å². The molecule has 0 N–H and O–H groups in total. The van der Waals surface area contributed by atoms with Crippen molar-refractivity contribution in [1.82, 2.24) is 30.0 Å². The molecule has 1 saturated carbocycles. The minimum Gasteiger partial charge on any atom is -0.301 e. The Labute approximate surface area is 174 Å². The van der Waals surface area contributed by atoms with Gasteiger partial charge in [-0.05, 0) is 42.3 Å². The fourth-order valence-corrected chi connectivity index (χ4v) is 4.58. The first-order valence-electron chi connectivity index (χ1n) is 10.6. The minimum atomic E-state index is 0.